The van der Waals surface area contributed by atoms with E-state index in [1.807, 2.05) is 24.3 Å². The Morgan fingerprint density at radius 1 is 1.00 bits per heavy atom. The minimum atomic E-state index is 0.0779. The Kier molecular flexibility index (Phi) is 2.76. The van der Waals surface area contributed by atoms with Crippen LogP contribution in [0.2, 0.25) is 0 Å². The van der Waals surface area contributed by atoms with Crippen molar-refractivity contribution in [1.82, 2.24) is 0 Å². The van der Waals surface area contributed by atoms with Crippen molar-refractivity contribution in [2.45, 2.75) is 18.9 Å². The van der Waals surface area contributed by atoms with E-state index in [4.69, 9.17) is 14.2 Å². The first kappa shape index (κ1) is 11.6. The van der Waals surface area contributed by atoms with Crippen LogP contribution in [0.25, 0.3) is 0 Å². The molecule has 2 aliphatic heterocycles. The third kappa shape index (κ3) is 1.99. The van der Waals surface area contributed by atoms with Crippen molar-refractivity contribution in [3.05, 3.63) is 53.6 Å². The smallest absolute Gasteiger partial charge is 0.161 e. The van der Waals surface area contributed by atoms with Gasteiger partial charge in [0, 0.05) is 0 Å². The molecule has 2 heterocycles. The highest BCUT2D eigenvalue weighted by Gasteiger charge is 2.23. The maximum Gasteiger partial charge on any atom is 0.161 e. The summed E-state index contributed by atoms with van der Waals surface area (Å²) < 4.78 is 17.3. The van der Waals surface area contributed by atoms with E-state index in [1.165, 1.54) is 5.56 Å². The van der Waals surface area contributed by atoms with Crippen LogP contribution in [0, 0.1) is 6.07 Å². The zero-order valence-corrected chi connectivity index (χ0v) is 11.1. The van der Waals surface area contributed by atoms with Gasteiger partial charge >= 0.3 is 0 Å². The average molecular weight is 267 g/mol. The molecule has 0 saturated heterocycles. The number of hydrogen-bond donors (Lipinski definition) is 0. The van der Waals surface area contributed by atoms with Gasteiger partial charge in [-0.1, -0.05) is 18.2 Å². The first-order chi connectivity index (χ1) is 9.90. The fourth-order valence-corrected chi connectivity index (χ4v) is 2.76. The monoisotopic (exact) mass is 267 g/mol. The van der Waals surface area contributed by atoms with E-state index < -0.39 is 0 Å². The zero-order valence-electron chi connectivity index (χ0n) is 11.1. The van der Waals surface area contributed by atoms with Gasteiger partial charge in [-0.05, 0) is 48.2 Å². The van der Waals surface area contributed by atoms with Crippen molar-refractivity contribution in [2.24, 2.45) is 0 Å². The molecule has 1 radical (unpaired) electrons. The quantitative estimate of drug-likeness (QED) is 0.793. The zero-order chi connectivity index (χ0) is 13.4. The van der Waals surface area contributed by atoms with Crippen molar-refractivity contribution >= 4 is 0 Å². The molecule has 101 valence electrons. The van der Waals surface area contributed by atoms with Gasteiger partial charge in [0.25, 0.3) is 0 Å². The largest absolute Gasteiger partial charge is 0.486 e. The van der Waals surface area contributed by atoms with Gasteiger partial charge in [-0.3, -0.25) is 0 Å². The molecule has 3 nitrogen and oxygen atoms in total. The summed E-state index contributed by atoms with van der Waals surface area (Å²) >= 11 is 0. The second-order valence-electron chi connectivity index (χ2n) is 5.08. The molecule has 1 unspecified atom stereocenters. The Balaban J connectivity index is 1.63. The number of aryl methyl sites for hydroxylation is 1. The van der Waals surface area contributed by atoms with Crippen LogP contribution in [-0.4, -0.2) is 13.2 Å². The fraction of sp³-hybridized carbons (Fsp3) is 0.294. The van der Waals surface area contributed by atoms with E-state index in [9.17, 15) is 0 Å². The van der Waals surface area contributed by atoms with Crippen molar-refractivity contribution in [2.75, 3.05) is 13.2 Å². The van der Waals surface area contributed by atoms with Gasteiger partial charge in [-0.15, -0.1) is 0 Å². The molecule has 2 aliphatic rings. The molecule has 0 amide bonds. The van der Waals surface area contributed by atoms with Gasteiger partial charge in [0.15, 0.2) is 11.5 Å². The molecule has 0 fully saturated rings. The normalized spacial score (nSPS) is 19.9. The highest BCUT2D eigenvalue weighted by molar-refractivity contribution is 5.45. The number of hydrogen-bond acceptors (Lipinski definition) is 3. The Hall–Kier alpha value is -2.16. The standard InChI is InChI=1S/C17H15O3/c1-2-4-14-12(3-1)5-7-15(20-14)13-6-8-16-17(11-13)19-10-9-18-16/h1,3-4,6,8,11,15H,5,7,9-10H2. The first-order valence-corrected chi connectivity index (χ1v) is 6.95. The molecular weight excluding hydrogens is 252 g/mol. The SMILES string of the molecule is [c]1ccc2c(c1)OC(c1ccc3c(c1)OCCO3)CC2. The van der Waals surface area contributed by atoms with Gasteiger partial charge in [0.05, 0.1) is 0 Å². The Labute approximate surface area is 118 Å². The maximum absolute atomic E-state index is 6.08. The van der Waals surface area contributed by atoms with Crippen LogP contribution >= 0.6 is 0 Å². The molecule has 3 heteroatoms. The molecule has 4 rings (SSSR count). The minimum absolute atomic E-state index is 0.0779. The van der Waals surface area contributed by atoms with E-state index in [-0.39, 0.29) is 6.10 Å². The van der Waals surface area contributed by atoms with Gasteiger partial charge in [-0.2, -0.15) is 0 Å². The van der Waals surface area contributed by atoms with E-state index in [0.29, 0.717) is 13.2 Å². The van der Waals surface area contributed by atoms with Crippen LogP contribution in [0.3, 0.4) is 0 Å². The summed E-state index contributed by atoms with van der Waals surface area (Å²) in [5, 5.41) is 0. The molecule has 2 aromatic carbocycles. The predicted octanol–water partition coefficient (Wildman–Crippen LogP) is 3.32. The number of rotatable bonds is 1. The minimum Gasteiger partial charge on any atom is -0.486 e. The molecule has 0 aliphatic carbocycles. The van der Waals surface area contributed by atoms with Gasteiger partial charge in [0.2, 0.25) is 0 Å². The summed E-state index contributed by atoms with van der Waals surface area (Å²) in [6, 6.07) is 15.1. The fourth-order valence-electron chi connectivity index (χ4n) is 2.76. The molecule has 0 aromatic heterocycles. The number of ether oxygens (including phenoxy) is 3. The molecule has 0 saturated carbocycles. The molecule has 20 heavy (non-hydrogen) atoms. The molecule has 1 atom stereocenters. The highest BCUT2D eigenvalue weighted by Crippen LogP contribution is 2.38. The maximum atomic E-state index is 6.08. The molecular formula is C17H15O3. The van der Waals surface area contributed by atoms with E-state index in [1.54, 1.807) is 0 Å². The topological polar surface area (TPSA) is 27.7 Å². The van der Waals surface area contributed by atoms with Crippen LogP contribution in [0.5, 0.6) is 17.2 Å². The van der Waals surface area contributed by atoms with E-state index in [2.05, 4.69) is 18.2 Å². The average Bonchev–Trinajstić information content (AvgIpc) is 2.54. The van der Waals surface area contributed by atoms with Crippen molar-refractivity contribution < 1.29 is 14.2 Å². The Morgan fingerprint density at radius 2 is 1.90 bits per heavy atom. The lowest BCUT2D eigenvalue weighted by atomic mass is 9.97. The summed E-state index contributed by atoms with van der Waals surface area (Å²) in [4.78, 5) is 0. The van der Waals surface area contributed by atoms with Crippen LogP contribution in [0.4, 0.5) is 0 Å². The molecule has 0 N–H and O–H groups in total. The number of benzene rings is 2. The second kappa shape index (κ2) is 4.75. The van der Waals surface area contributed by atoms with Crippen LogP contribution in [0.1, 0.15) is 23.7 Å². The second-order valence-corrected chi connectivity index (χ2v) is 5.08. The van der Waals surface area contributed by atoms with Crippen molar-refractivity contribution in [3.63, 3.8) is 0 Å². The lowest BCUT2D eigenvalue weighted by Gasteiger charge is -2.27. The van der Waals surface area contributed by atoms with Gasteiger partial charge in [0.1, 0.15) is 25.1 Å². The lowest BCUT2D eigenvalue weighted by molar-refractivity contribution is 0.164. The van der Waals surface area contributed by atoms with Crippen molar-refractivity contribution in [3.8, 4) is 17.2 Å². The van der Waals surface area contributed by atoms with Gasteiger partial charge < -0.3 is 14.2 Å². The van der Waals surface area contributed by atoms with E-state index >= 15 is 0 Å². The first-order valence-electron chi connectivity index (χ1n) is 6.95. The molecule has 0 bridgehead atoms. The summed E-state index contributed by atoms with van der Waals surface area (Å²) in [7, 11) is 0. The summed E-state index contributed by atoms with van der Waals surface area (Å²) in [6.07, 6.45) is 2.09. The molecule has 0 spiro atoms. The predicted molar refractivity (Wildman–Crippen MR) is 74.4 cm³/mol. The van der Waals surface area contributed by atoms with Crippen LogP contribution in [-0.2, 0) is 6.42 Å². The lowest BCUT2D eigenvalue weighted by Crippen LogP contribution is -2.18. The van der Waals surface area contributed by atoms with Crippen molar-refractivity contribution in [1.29, 1.82) is 0 Å². The highest BCUT2D eigenvalue weighted by atomic mass is 16.6. The van der Waals surface area contributed by atoms with Gasteiger partial charge in [-0.25, -0.2) is 0 Å². The molecule has 2 aromatic rings. The van der Waals surface area contributed by atoms with Crippen LogP contribution in [0.15, 0.2) is 36.4 Å². The third-order valence-corrected chi connectivity index (χ3v) is 3.79. The third-order valence-electron chi connectivity index (χ3n) is 3.79. The Bertz CT molecular complexity index is 636. The van der Waals surface area contributed by atoms with E-state index in [0.717, 1.165) is 35.7 Å². The Morgan fingerprint density at radius 3 is 2.85 bits per heavy atom. The summed E-state index contributed by atoms with van der Waals surface area (Å²) in [6.45, 7) is 1.23. The number of fused-ring (bicyclic) bond motifs is 2. The summed E-state index contributed by atoms with van der Waals surface area (Å²) in [5.41, 5.74) is 2.40. The summed E-state index contributed by atoms with van der Waals surface area (Å²) in [5.74, 6) is 2.59. The van der Waals surface area contributed by atoms with Crippen LogP contribution < -0.4 is 14.2 Å².